The van der Waals surface area contributed by atoms with Crippen LogP contribution in [0.5, 0.6) is 5.75 Å². The molecular weight excluding hydrogens is 324 g/mol. The monoisotopic (exact) mass is 348 g/mol. The minimum absolute atomic E-state index is 0.231. The van der Waals surface area contributed by atoms with Gasteiger partial charge in [-0.25, -0.2) is 0 Å². The summed E-state index contributed by atoms with van der Waals surface area (Å²) in [5.74, 6) is -1.73. The van der Waals surface area contributed by atoms with Gasteiger partial charge in [-0.15, -0.1) is 0 Å². The number of carboxylic acids is 1. The maximum Gasteiger partial charge on any atom is 0.309 e. The van der Waals surface area contributed by atoms with Gasteiger partial charge >= 0.3 is 5.97 Å². The number of para-hydroxylation sites is 1. The molecule has 1 fully saturated rings. The van der Waals surface area contributed by atoms with Crippen LogP contribution in [0.2, 0.25) is 0 Å². The van der Waals surface area contributed by atoms with Crippen LogP contribution in [0.1, 0.15) is 33.6 Å². The first-order chi connectivity index (χ1) is 11.7. The molecule has 0 radical (unpaired) electrons. The van der Waals surface area contributed by atoms with Crippen LogP contribution >= 0.6 is 0 Å². The van der Waals surface area contributed by atoms with E-state index in [1.54, 1.807) is 45.0 Å². The van der Waals surface area contributed by atoms with Gasteiger partial charge in [-0.3, -0.25) is 25.2 Å². The van der Waals surface area contributed by atoms with E-state index in [9.17, 15) is 19.5 Å². The summed E-state index contributed by atoms with van der Waals surface area (Å²) in [5.41, 5.74) is 2.99. The zero-order valence-electron chi connectivity index (χ0n) is 14.7. The number of carbonyl (C=O) groups is 3. The molecule has 0 spiro atoms. The molecular formula is C18H24N2O5. The Morgan fingerprint density at radius 1 is 1.16 bits per heavy atom. The minimum Gasteiger partial charge on any atom is -0.484 e. The van der Waals surface area contributed by atoms with Crippen LogP contribution in [0, 0.1) is 16.7 Å². The normalized spacial score (nSPS) is 24.4. The smallest absolute Gasteiger partial charge is 0.309 e. The number of hydrogen-bond donors (Lipinski definition) is 3. The van der Waals surface area contributed by atoms with Crippen LogP contribution in [0.4, 0.5) is 0 Å². The topological polar surface area (TPSA) is 105 Å². The second-order valence-electron chi connectivity index (χ2n) is 7.09. The van der Waals surface area contributed by atoms with Crippen molar-refractivity contribution < 1.29 is 24.2 Å². The largest absolute Gasteiger partial charge is 0.484 e. The summed E-state index contributed by atoms with van der Waals surface area (Å²) in [4.78, 5) is 35.8. The molecule has 136 valence electrons. The zero-order valence-corrected chi connectivity index (χ0v) is 14.7. The molecule has 2 atom stereocenters. The van der Waals surface area contributed by atoms with E-state index in [4.69, 9.17) is 4.74 Å². The predicted molar refractivity (Wildman–Crippen MR) is 90.5 cm³/mol. The lowest BCUT2D eigenvalue weighted by Crippen LogP contribution is -2.50. The highest BCUT2D eigenvalue weighted by Crippen LogP contribution is 2.56. The molecule has 1 aliphatic carbocycles. The number of rotatable bonds is 5. The SMILES string of the molecule is CC1(C)[C@H](C(=O)NNC(=O)COc2ccccc2)CC[C@@]1(C)C(=O)O. The van der Waals surface area contributed by atoms with Crippen LogP contribution < -0.4 is 15.6 Å². The van der Waals surface area contributed by atoms with Gasteiger partial charge in [-0.05, 0) is 37.3 Å². The van der Waals surface area contributed by atoms with Gasteiger partial charge in [0.05, 0.1) is 5.41 Å². The molecule has 0 saturated heterocycles. The highest BCUT2D eigenvalue weighted by atomic mass is 16.5. The van der Waals surface area contributed by atoms with Crippen LogP contribution in [-0.4, -0.2) is 29.5 Å². The number of carboxylic acid groups (broad SMARTS) is 1. The molecule has 0 unspecified atom stereocenters. The van der Waals surface area contributed by atoms with E-state index in [0.29, 0.717) is 18.6 Å². The van der Waals surface area contributed by atoms with Crippen molar-refractivity contribution >= 4 is 17.8 Å². The number of aliphatic carboxylic acids is 1. The number of hydrazine groups is 1. The summed E-state index contributed by atoms with van der Waals surface area (Å²) in [6, 6.07) is 8.86. The Hall–Kier alpha value is -2.57. The number of ether oxygens (including phenoxy) is 1. The highest BCUT2D eigenvalue weighted by Gasteiger charge is 2.58. The Morgan fingerprint density at radius 3 is 2.36 bits per heavy atom. The third kappa shape index (κ3) is 3.75. The lowest BCUT2D eigenvalue weighted by atomic mass is 9.65. The van der Waals surface area contributed by atoms with E-state index in [1.165, 1.54) is 0 Å². The number of amides is 2. The van der Waals surface area contributed by atoms with E-state index in [1.807, 2.05) is 6.07 Å². The third-order valence-electron chi connectivity index (χ3n) is 5.45. The van der Waals surface area contributed by atoms with Gasteiger partial charge in [0.2, 0.25) is 5.91 Å². The van der Waals surface area contributed by atoms with Crippen molar-refractivity contribution in [1.82, 2.24) is 10.9 Å². The van der Waals surface area contributed by atoms with Crippen molar-refractivity contribution in [2.24, 2.45) is 16.7 Å². The van der Waals surface area contributed by atoms with Gasteiger partial charge in [-0.2, -0.15) is 0 Å². The fourth-order valence-electron chi connectivity index (χ4n) is 3.26. The molecule has 7 nitrogen and oxygen atoms in total. The molecule has 25 heavy (non-hydrogen) atoms. The second-order valence-corrected chi connectivity index (χ2v) is 7.09. The standard InChI is InChI=1S/C18H24N2O5/c1-17(2)13(9-10-18(17,3)16(23)24)15(22)20-19-14(21)11-25-12-7-5-4-6-8-12/h4-8,13H,9-11H2,1-3H3,(H,19,21)(H,20,22)(H,23,24)/t13-,18-/m0/s1. The molecule has 2 amide bonds. The Balaban J connectivity index is 1.86. The third-order valence-corrected chi connectivity index (χ3v) is 5.45. The van der Waals surface area contributed by atoms with Gasteiger partial charge in [0, 0.05) is 5.92 Å². The van der Waals surface area contributed by atoms with Crippen molar-refractivity contribution in [3.05, 3.63) is 30.3 Å². The number of hydrogen-bond acceptors (Lipinski definition) is 4. The lowest BCUT2D eigenvalue weighted by molar-refractivity contribution is -0.155. The maximum absolute atomic E-state index is 12.4. The van der Waals surface area contributed by atoms with Crippen molar-refractivity contribution in [3.8, 4) is 5.75 Å². The van der Waals surface area contributed by atoms with E-state index in [2.05, 4.69) is 10.9 Å². The molecule has 0 bridgehead atoms. The lowest BCUT2D eigenvalue weighted by Gasteiger charge is -2.37. The molecule has 3 N–H and O–H groups in total. The van der Waals surface area contributed by atoms with Crippen molar-refractivity contribution in [1.29, 1.82) is 0 Å². The quantitative estimate of drug-likeness (QED) is 0.703. The molecule has 0 heterocycles. The average Bonchev–Trinajstić information content (AvgIpc) is 2.82. The van der Waals surface area contributed by atoms with Gasteiger partial charge in [0.15, 0.2) is 6.61 Å². The second kappa shape index (κ2) is 7.13. The van der Waals surface area contributed by atoms with Crippen molar-refractivity contribution in [3.63, 3.8) is 0 Å². The summed E-state index contributed by atoms with van der Waals surface area (Å²) in [6.45, 7) is 4.98. The van der Waals surface area contributed by atoms with Gasteiger partial charge < -0.3 is 9.84 Å². The van der Waals surface area contributed by atoms with Crippen molar-refractivity contribution in [2.45, 2.75) is 33.6 Å². The predicted octanol–water partition coefficient (Wildman–Crippen LogP) is 1.74. The van der Waals surface area contributed by atoms with Crippen LogP contribution in [0.25, 0.3) is 0 Å². The average molecular weight is 348 g/mol. The minimum atomic E-state index is -0.977. The molecule has 2 rings (SSSR count). The molecule has 1 aromatic carbocycles. The first-order valence-corrected chi connectivity index (χ1v) is 8.18. The molecule has 1 aliphatic rings. The van der Waals surface area contributed by atoms with E-state index in [-0.39, 0.29) is 12.5 Å². The number of carbonyl (C=O) groups excluding carboxylic acids is 2. The van der Waals surface area contributed by atoms with Gasteiger partial charge in [0.1, 0.15) is 5.75 Å². The van der Waals surface area contributed by atoms with Crippen molar-refractivity contribution in [2.75, 3.05) is 6.61 Å². The first-order valence-electron chi connectivity index (χ1n) is 8.18. The summed E-state index contributed by atoms with van der Waals surface area (Å²) >= 11 is 0. The summed E-state index contributed by atoms with van der Waals surface area (Å²) in [6.07, 6.45) is 0.872. The summed E-state index contributed by atoms with van der Waals surface area (Å²) in [5, 5.41) is 9.49. The van der Waals surface area contributed by atoms with Crippen LogP contribution in [0.15, 0.2) is 30.3 Å². The van der Waals surface area contributed by atoms with E-state index >= 15 is 0 Å². The fraction of sp³-hybridized carbons (Fsp3) is 0.500. The highest BCUT2D eigenvalue weighted by molar-refractivity contribution is 5.86. The van der Waals surface area contributed by atoms with Crippen LogP contribution in [-0.2, 0) is 14.4 Å². The molecule has 0 aliphatic heterocycles. The maximum atomic E-state index is 12.4. The van der Waals surface area contributed by atoms with Crippen LogP contribution in [0.3, 0.4) is 0 Å². The van der Waals surface area contributed by atoms with Gasteiger partial charge in [-0.1, -0.05) is 32.0 Å². The first kappa shape index (κ1) is 18.8. The number of benzene rings is 1. The van der Waals surface area contributed by atoms with E-state index < -0.39 is 28.6 Å². The Kier molecular flexibility index (Phi) is 5.35. The molecule has 1 saturated carbocycles. The Morgan fingerprint density at radius 2 is 1.80 bits per heavy atom. The number of nitrogens with one attached hydrogen (secondary N) is 2. The van der Waals surface area contributed by atoms with E-state index in [0.717, 1.165) is 0 Å². The van der Waals surface area contributed by atoms with Gasteiger partial charge in [0.25, 0.3) is 5.91 Å². The molecule has 7 heteroatoms. The molecule has 0 aromatic heterocycles. The Bertz CT molecular complexity index is 659. The zero-order chi connectivity index (χ0) is 18.7. The molecule has 1 aromatic rings. The fourth-order valence-corrected chi connectivity index (χ4v) is 3.26. The Labute approximate surface area is 146 Å². The summed E-state index contributed by atoms with van der Waals surface area (Å²) in [7, 11) is 0. The summed E-state index contributed by atoms with van der Waals surface area (Å²) < 4.78 is 5.29.